The van der Waals surface area contributed by atoms with Crippen molar-refractivity contribution >= 4 is 28.9 Å². The standard InChI is InChI=1S/C13H14ClN5O/c1-9(19(6-4-15)7-5-16)13(20)18-12-3-2-10(17)8-11(12)14/h2-3,8-9H,6-7,17H2,1H3,(H,18,20). The molecular weight excluding hydrogens is 278 g/mol. The zero-order valence-corrected chi connectivity index (χ0v) is 11.7. The number of benzene rings is 1. The number of nitrogens with two attached hydrogens (primary N) is 1. The van der Waals surface area contributed by atoms with Gasteiger partial charge in [-0.05, 0) is 25.1 Å². The van der Waals surface area contributed by atoms with Crippen LogP contribution in [0.1, 0.15) is 6.92 Å². The van der Waals surface area contributed by atoms with E-state index < -0.39 is 6.04 Å². The lowest BCUT2D eigenvalue weighted by Gasteiger charge is -2.23. The average molecular weight is 292 g/mol. The van der Waals surface area contributed by atoms with Crippen LogP contribution in [0.25, 0.3) is 0 Å². The van der Waals surface area contributed by atoms with E-state index in [-0.39, 0.29) is 19.0 Å². The predicted molar refractivity (Wildman–Crippen MR) is 76.8 cm³/mol. The number of hydrogen-bond acceptors (Lipinski definition) is 5. The summed E-state index contributed by atoms with van der Waals surface area (Å²) >= 11 is 5.97. The molecule has 0 bridgehead atoms. The van der Waals surface area contributed by atoms with Gasteiger partial charge in [0.25, 0.3) is 0 Å². The maximum atomic E-state index is 12.1. The Morgan fingerprint density at radius 1 is 1.45 bits per heavy atom. The Balaban J connectivity index is 2.79. The third-order valence-electron chi connectivity index (χ3n) is 2.73. The van der Waals surface area contributed by atoms with E-state index >= 15 is 0 Å². The lowest BCUT2D eigenvalue weighted by molar-refractivity contribution is -0.120. The van der Waals surface area contributed by atoms with E-state index in [0.717, 1.165) is 0 Å². The highest BCUT2D eigenvalue weighted by atomic mass is 35.5. The number of rotatable bonds is 5. The normalized spacial score (nSPS) is 11.4. The van der Waals surface area contributed by atoms with E-state index in [4.69, 9.17) is 27.9 Å². The van der Waals surface area contributed by atoms with E-state index in [0.29, 0.717) is 16.4 Å². The predicted octanol–water partition coefficient (Wildman–Crippen LogP) is 1.60. The minimum absolute atomic E-state index is 0.00236. The summed E-state index contributed by atoms with van der Waals surface area (Å²) in [5, 5.41) is 20.4. The van der Waals surface area contributed by atoms with Gasteiger partial charge in [0.1, 0.15) is 0 Å². The van der Waals surface area contributed by atoms with Gasteiger partial charge >= 0.3 is 0 Å². The van der Waals surface area contributed by atoms with Crippen molar-refractivity contribution in [2.24, 2.45) is 0 Å². The van der Waals surface area contributed by atoms with Crippen LogP contribution in [0.3, 0.4) is 0 Å². The monoisotopic (exact) mass is 291 g/mol. The van der Waals surface area contributed by atoms with Gasteiger partial charge in [-0.3, -0.25) is 9.69 Å². The van der Waals surface area contributed by atoms with Crippen LogP contribution >= 0.6 is 11.6 Å². The first-order valence-corrected chi connectivity index (χ1v) is 6.21. The Labute approximate surface area is 122 Å². The molecule has 0 aliphatic carbocycles. The van der Waals surface area contributed by atoms with Crippen LogP contribution in [0, 0.1) is 22.7 Å². The quantitative estimate of drug-likeness (QED) is 0.633. The van der Waals surface area contributed by atoms with Crippen LogP contribution in [-0.2, 0) is 4.79 Å². The Hall–Kier alpha value is -2.28. The third-order valence-corrected chi connectivity index (χ3v) is 3.04. The summed E-state index contributed by atoms with van der Waals surface area (Å²) in [6.45, 7) is 1.62. The number of carbonyl (C=O) groups excluding carboxylic acids is 1. The molecule has 3 N–H and O–H groups in total. The van der Waals surface area contributed by atoms with Gasteiger partial charge in [0.05, 0.1) is 42.0 Å². The molecule has 1 rings (SSSR count). The molecule has 0 radical (unpaired) electrons. The maximum Gasteiger partial charge on any atom is 0.241 e. The smallest absolute Gasteiger partial charge is 0.241 e. The van der Waals surface area contributed by atoms with Gasteiger partial charge in [0.2, 0.25) is 5.91 Å². The maximum absolute atomic E-state index is 12.1. The van der Waals surface area contributed by atoms with Gasteiger partial charge < -0.3 is 11.1 Å². The third kappa shape index (κ3) is 4.13. The summed E-state index contributed by atoms with van der Waals surface area (Å²) < 4.78 is 0. The second-order valence-corrected chi connectivity index (χ2v) is 4.53. The Kier molecular flexibility index (Phi) is 5.79. The zero-order chi connectivity index (χ0) is 15.1. The van der Waals surface area contributed by atoms with Crippen LogP contribution in [-0.4, -0.2) is 29.9 Å². The summed E-state index contributed by atoms with van der Waals surface area (Å²) in [5.74, 6) is -0.345. The van der Waals surface area contributed by atoms with Crippen LogP contribution in [0.15, 0.2) is 18.2 Å². The van der Waals surface area contributed by atoms with Crippen molar-refractivity contribution in [3.63, 3.8) is 0 Å². The number of nitrogens with zero attached hydrogens (tertiary/aromatic N) is 3. The van der Waals surface area contributed by atoms with Crippen LogP contribution in [0.5, 0.6) is 0 Å². The van der Waals surface area contributed by atoms with Crippen LogP contribution in [0.2, 0.25) is 5.02 Å². The number of nitrogen functional groups attached to an aromatic ring is 1. The Morgan fingerprint density at radius 2 is 2.05 bits per heavy atom. The molecule has 0 aliphatic heterocycles. The molecule has 7 heteroatoms. The molecule has 104 valence electrons. The Morgan fingerprint density at radius 3 is 2.55 bits per heavy atom. The molecule has 1 amide bonds. The second kappa shape index (κ2) is 7.34. The van der Waals surface area contributed by atoms with E-state index in [2.05, 4.69) is 5.32 Å². The SMILES string of the molecule is CC(C(=O)Nc1ccc(N)cc1Cl)N(CC#N)CC#N. The topological polar surface area (TPSA) is 106 Å². The van der Waals surface area contributed by atoms with Gasteiger partial charge in [-0.2, -0.15) is 10.5 Å². The van der Waals surface area contributed by atoms with E-state index in [1.165, 1.54) is 11.0 Å². The second-order valence-electron chi connectivity index (χ2n) is 4.13. The van der Waals surface area contributed by atoms with E-state index in [1.807, 2.05) is 12.1 Å². The number of nitrogens with one attached hydrogen (secondary N) is 1. The zero-order valence-electron chi connectivity index (χ0n) is 10.9. The van der Waals surface area contributed by atoms with Crippen LogP contribution < -0.4 is 11.1 Å². The number of carbonyl (C=O) groups is 1. The summed E-state index contributed by atoms with van der Waals surface area (Å²) in [4.78, 5) is 13.5. The van der Waals surface area contributed by atoms with Gasteiger partial charge in [0, 0.05) is 5.69 Å². The average Bonchev–Trinajstić information content (AvgIpc) is 2.40. The lowest BCUT2D eigenvalue weighted by Crippen LogP contribution is -2.42. The molecule has 0 spiro atoms. The van der Waals surface area contributed by atoms with Crippen molar-refractivity contribution < 1.29 is 4.79 Å². The minimum Gasteiger partial charge on any atom is -0.399 e. The highest BCUT2D eigenvalue weighted by Gasteiger charge is 2.21. The number of nitriles is 2. The van der Waals surface area contributed by atoms with Crippen molar-refractivity contribution in [1.29, 1.82) is 10.5 Å². The fraction of sp³-hybridized carbons (Fsp3) is 0.308. The number of anilines is 2. The summed E-state index contributed by atoms with van der Waals surface area (Å²) in [6.07, 6.45) is 0. The van der Waals surface area contributed by atoms with Gasteiger partial charge in [-0.25, -0.2) is 0 Å². The summed E-state index contributed by atoms with van der Waals surface area (Å²) in [5.41, 5.74) is 6.50. The van der Waals surface area contributed by atoms with Crippen molar-refractivity contribution in [1.82, 2.24) is 4.90 Å². The fourth-order valence-electron chi connectivity index (χ4n) is 1.55. The summed E-state index contributed by atoms with van der Waals surface area (Å²) in [7, 11) is 0. The molecular formula is C13H14ClN5O. The van der Waals surface area contributed by atoms with E-state index in [9.17, 15) is 4.79 Å². The van der Waals surface area contributed by atoms with Crippen molar-refractivity contribution in [2.45, 2.75) is 13.0 Å². The molecule has 0 aliphatic rings. The van der Waals surface area contributed by atoms with Gasteiger partial charge in [0.15, 0.2) is 0 Å². The number of hydrogen-bond donors (Lipinski definition) is 2. The number of halogens is 1. The fourth-order valence-corrected chi connectivity index (χ4v) is 1.78. The van der Waals surface area contributed by atoms with Gasteiger partial charge in [-0.15, -0.1) is 0 Å². The molecule has 0 saturated heterocycles. The molecule has 0 aromatic heterocycles. The highest BCUT2D eigenvalue weighted by molar-refractivity contribution is 6.34. The lowest BCUT2D eigenvalue weighted by atomic mass is 10.2. The molecule has 20 heavy (non-hydrogen) atoms. The molecule has 1 atom stereocenters. The minimum atomic E-state index is -0.622. The largest absolute Gasteiger partial charge is 0.399 e. The van der Waals surface area contributed by atoms with Gasteiger partial charge in [-0.1, -0.05) is 11.6 Å². The van der Waals surface area contributed by atoms with Crippen molar-refractivity contribution in [2.75, 3.05) is 24.1 Å². The highest BCUT2D eigenvalue weighted by Crippen LogP contribution is 2.24. The first-order chi connectivity index (χ1) is 9.49. The molecule has 0 heterocycles. The molecule has 0 fully saturated rings. The first-order valence-electron chi connectivity index (χ1n) is 5.83. The van der Waals surface area contributed by atoms with Crippen LogP contribution in [0.4, 0.5) is 11.4 Å². The molecule has 1 aromatic carbocycles. The molecule has 1 unspecified atom stereocenters. The molecule has 6 nitrogen and oxygen atoms in total. The van der Waals surface area contributed by atoms with E-state index in [1.54, 1.807) is 19.1 Å². The van der Waals surface area contributed by atoms with Crippen molar-refractivity contribution in [3.05, 3.63) is 23.2 Å². The summed E-state index contributed by atoms with van der Waals surface area (Å²) in [6, 6.07) is 7.97. The Bertz CT molecular complexity index is 559. The number of amides is 1. The molecule has 1 aromatic rings. The van der Waals surface area contributed by atoms with Crippen molar-refractivity contribution in [3.8, 4) is 12.1 Å². The first kappa shape index (κ1) is 15.8. The molecule has 0 saturated carbocycles.